The third kappa shape index (κ3) is 9.34. The smallest absolute Gasteiger partial charge is 0.226 e. The van der Waals surface area contributed by atoms with Crippen molar-refractivity contribution in [3.8, 4) is 0 Å². The number of hydrogen-bond donors (Lipinski definition) is 0. The second kappa shape index (κ2) is 15.3. The van der Waals surface area contributed by atoms with Gasteiger partial charge in [0.05, 0.1) is 6.04 Å². The SMILES string of the molecule is CC1(C)CCN(C[C@@H](CC(=O)C[C@H]2CCCCCCCC[C@@H](C(=O)C(=O)CC3CC3)CC(=O)[C@@H]3[C@@H]4[C@H](CN3C2=O)C4(C)C)C(C)(C)C)C(=O)C1. The van der Waals surface area contributed by atoms with Crippen LogP contribution in [0.4, 0.5) is 0 Å². The highest BCUT2D eigenvalue weighted by Crippen LogP contribution is 2.65. The number of likely N-dealkylation sites (tertiary alicyclic amines) is 1. The van der Waals surface area contributed by atoms with E-state index in [-0.39, 0.29) is 81.8 Å². The van der Waals surface area contributed by atoms with Gasteiger partial charge in [0.1, 0.15) is 5.78 Å². The number of carbonyl (C=O) groups is 6. The van der Waals surface area contributed by atoms with Gasteiger partial charge in [-0.3, -0.25) is 28.8 Å². The predicted molar refractivity (Wildman–Crippen MR) is 194 cm³/mol. The maximum atomic E-state index is 14.5. The van der Waals surface area contributed by atoms with Crippen LogP contribution < -0.4 is 0 Å². The van der Waals surface area contributed by atoms with Crippen molar-refractivity contribution < 1.29 is 28.8 Å². The first-order chi connectivity index (χ1) is 23.4. The lowest BCUT2D eigenvalue weighted by atomic mass is 9.75. The third-order valence-corrected chi connectivity index (χ3v) is 13.4. The highest BCUT2D eigenvalue weighted by Gasteiger charge is 2.69. The minimum Gasteiger partial charge on any atom is -0.342 e. The standard InChI is InChI=1S/C42H66N2O6/c1-40(2,3)30(25-43-19-18-41(4,5)24-35(43)48)23-31(45)21-29-15-13-11-9-8-10-12-14-28(38(49)34(47)20-27-16-17-27)22-33(46)37-36-32(42(36,6)7)26-44(37)39(29)50/h27-30,32,36-37H,8-26H2,1-7H3/t28-,29-,30-,32+,36+,37-/m1/s1. The molecule has 2 saturated carbocycles. The molecule has 0 aromatic heterocycles. The van der Waals surface area contributed by atoms with Gasteiger partial charge in [-0.2, -0.15) is 0 Å². The Labute approximate surface area is 301 Å². The summed E-state index contributed by atoms with van der Waals surface area (Å²) in [6.07, 6.45) is 11.0. The first-order valence-corrected chi connectivity index (χ1v) is 20.1. The van der Waals surface area contributed by atoms with Crippen LogP contribution >= 0.6 is 0 Å². The molecule has 3 heterocycles. The van der Waals surface area contributed by atoms with Crippen LogP contribution in [0.1, 0.15) is 151 Å². The molecule has 0 bridgehead atoms. The molecule has 8 nitrogen and oxygen atoms in total. The fraction of sp³-hybridized carbons (Fsp3) is 0.857. The summed E-state index contributed by atoms with van der Waals surface area (Å²) in [5.74, 6) is -1.22. The van der Waals surface area contributed by atoms with Gasteiger partial charge in [-0.1, -0.05) is 87.0 Å². The summed E-state index contributed by atoms with van der Waals surface area (Å²) in [6.45, 7) is 16.7. The van der Waals surface area contributed by atoms with Gasteiger partial charge in [0.25, 0.3) is 0 Å². The molecule has 5 aliphatic rings. The van der Waals surface area contributed by atoms with Crippen LogP contribution in [0.15, 0.2) is 0 Å². The number of nitrogens with zero attached hydrogens (tertiary/aromatic N) is 2. The highest BCUT2D eigenvalue weighted by atomic mass is 16.2. The van der Waals surface area contributed by atoms with E-state index in [1.54, 1.807) is 4.90 Å². The first-order valence-electron chi connectivity index (χ1n) is 20.1. The molecule has 5 rings (SSSR count). The van der Waals surface area contributed by atoms with Gasteiger partial charge >= 0.3 is 0 Å². The molecular weight excluding hydrogens is 628 g/mol. The third-order valence-electron chi connectivity index (χ3n) is 13.4. The van der Waals surface area contributed by atoms with Crippen LogP contribution in [0, 0.1) is 51.8 Å². The van der Waals surface area contributed by atoms with E-state index >= 15 is 0 Å². The molecule has 0 radical (unpaired) electrons. The lowest BCUT2D eigenvalue weighted by molar-refractivity contribution is -0.146. The number of carbonyl (C=O) groups excluding carboxylic acids is 6. The average molecular weight is 695 g/mol. The fourth-order valence-electron chi connectivity index (χ4n) is 9.43. The number of ketones is 4. The largest absolute Gasteiger partial charge is 0.342 e. The molecule has 50 heavy (non-hydrogen) atoms. The van der Waals surface area contributed by atoms with E-state index in [4.69, 9.17) is 0 Å². The fourth-order valence-corrected chi connectivity index (χ4v) is 9.43. The molecule has 0 unspecified atom stereocenters. The summed E-state index contributed by atoms with van der Waals surface area (Å²) in [5, 5.41) is 0. The molecule has 0 N–H and O–H groups in total. The van der Waals surface area contributed by atoms with E-state index in [0.29, 0.717) is 57.7 Å². The molecule has 6 atom stereocenters. The molecule has 0 spiro atoms. The van der Waals surface area contributed by atoms with Crippen molar-refractivity contribution in [2.24, 2.45) is 51.8 Å². The molecule has 8 heteroatoms. The van der Waals surface area contributed by atoms with Crippen molar-refractivity contribution >= 4 is 34.9 Å². The molecule has 280 valence electrons. The van der Waals surface area contributed by atoms with E-state index in [9.17, 15) is 28.8 Å². The van der Waals surface area contributed by atoms with Gasteiger partial charge in [-0.25, -0.2) is 0 Å². The zero-order chi connectivity index (χ0) is 36.6. The molecule has 2 aliphatic carbocycles. The predicted octanol–water partition coefficient (Wildman–Crippen LogP) is 7.39. The summed E-state index contributed by atoms with van der Waals surface area (Å²) in [5.41, 5.74) is -0.254. The highest BCUT2D eigenvalue weighted by molar-refractivity contribution is 6.38. The molecular formula is C42H66N2O6. The van der Waals surface area contributed by atoms with Crippen LogP contribution in [-0.4, -0.2) is 70.4 Å². The van der Waals surface area contributed by atoms with Crippen LogP contribution in [-0.2, 0) is 28.8 Å². The van der Waals surface area contributed by atoms with Gasteiger partial charge in [0.15, 0.2) is 11.6 Å². The molecule has 0 aromatic rings. The summed E-state index contributed by atoms with van der Waals surface area (Å²) in [6, 6.07) is -0.601. The summed E-state index contributed by atoms with van der Waals surface area (Å²) in [4.78, 5) is 85.9. The molecule has 0 aromatic carbocycles. The Kier molecular flexibility index (Phi) is 11.9. The zero-order valence-electron chi connectivity index (χ0n) is 32.3. The van der Waals surface area contributed by atoms with Gasteiger partial charge in [0, 0.05) is 63.6 Å². The Morgan fingerprint density at radius 3 is 2.12 bits per heavy atom. The summed E-state index contributed by atoms with van der Waals surface area (Å²) < 4.78 is 0. The molecule has 5 fully saturated rings. The topological polar surface area (TPSA) is 109 Å². The number of fused-ring (bicyclic) bond motifs is 3. The van der Waals surface area contributed by atoms with E-state index < -0.39 is 17.9 Å². The van der Waals surface area contributed by atoms with Gasteiger partial charge < -0.3 is 9.80 Å². The van der Waals surface area contributed by atoms with Crippen LogP contribution in [0.2, 0.25) is 0 Å². The maximum absolute atomic E-state index is 14.5. The second-order valence-electron chi connectivity index (χ2n) is 19.5. The Bertz CT molecular complexity index is 1320. The Balaban J connectivity index is 1.32. The number of rotatable bonds is 10. The van der Waals surface area contributed by atoms with E-state index in [0.717, 1.165) is 57.8 Å². The van der Waals surface area contributed by atoms with Crippen molar-refractivity contribution in [3.05, 3.63) is 0 Å². The van der Waals surface area contributed by atoms with Crippen molar-refractivity contribution in [3.63, 3.8) is 0 Å². The van der Waals surface area contributed by atoms with Gasteiger partial charge in [-0.15, -0.1) is 0 Å². The zero-order valence-corrected chi connectivity index (χ0v) is 32.3. The summed E-state index contributed by atoms with van der Waals surface area (Å²) in [7, 11) is 0. The lowest BCUT2D eigenvalue weighted by Gasteiger charge is -2.41. The van der Waals surface area contributed by atoms with Gasteiger partial charge in [0.2, 0.25) is 17.6 Å². The van der Waals surface area contributed by atoms with Crippen molar-refractivity contribution in [1.82, 2.24) is 9.80 Å². The Morgan fingerprint density at radius 2 is 1.50 bits per heavy atom. The lowest BCUT2D eigenvalue weighted by Crippen LogP contribution is -2.49. The van der Waals surface area contributed by atoms with Crippen LogP contribution in [0.3, 0.4) is 0 Å². The van der Waals surface area contributed by atoms with Crippen LogP contribution in [0.5, 0.6) is 0 Å². The number of Topliss-reactive ketones (excluding diaryl/α,β-unsaturated/α-hetero) is 4. The molecule has 3 aliphatic heterocycles. The average Bonchev–Trinajstić information content (AvgIpc) is 3.87. The van der Waals surface area contributed by atoms with E-state index in [2.05, 4.69) is 48.5 Å². The Hall–Kier alpha value is -2.38. The minimum absolute atomic E-state index is 0.000490. The maximum Gasteiger partial charge on any atom is 0.226 e. The molecule has 2 amide bonds. The van der Waals surface area contributed by atoms with Crippen molar-refractivity contribution in [2.75, 3.05) is 19.6 Å². The molecule has 3 saturated heterocycles. The normalized spacial score (nSPS) is 31.3. The number of amides is 2. The minimum atomic E-state index is -0.610. The van der Waals surface area contributed by atoms with Gasteiger partial charge in [-0.05, 0) is 72.0 Å². The second-order valence-corrected chi connectivity index (χ2v) is 19.5. The number of hydrogen-bond acceptors (Lipinski definition) is 6. The van der Waals surface area contributed by atoms with Crippen molar-refractivity contribution in [1.29, 1.82) is 0 Å². The van der Waals surface area contributed by atoms with E-state index in [1.807, 2.05) is 4.90 Å². The first kappa shape index (κ1) is 38.8. The quantitative estimate of drug-likeness (QED) is 0.221. The summed E-state index contributed by atoms with van der Waals surface area (Å²) >= 11 is 0. The van der Waals surface area contributed by atoms with E-state index in [1.165, 1.54) is 0 Å². The monoisotopic (exact) mass is 694 g/mol. The Morgan fingerprint density at radius 1 is 0.860 bits per heavy atom. The van der Waals surface area contributed by atoms with Crippen LogP contribution in [0.25, 0.3) is 0 Å². The number of piperidine rings is 2. The van der Waals surface area contributed by atoms with Crippen molar-refractivity contribution in [2.45, 2.75) is 157 Å².